The van der Waals surface area contributed by atoms with Crippen LogP contribution in [0.5, 0.6) is 0 Å². The number of imidazole rings is 1. The summed E-state index contributed by atoms with van der Waals surface area (Å²) < 4.78 is 3.40. The Balaban J connectivity index is 1.91. The summed E-state index contributed by atoms with van der Waals surface area (Å²) in [7, 11) is 0. The number of hydrogen-bond donors (Lipinski definition) is 1. The molecule has 0 bridgehead atoms. The quantitative estimate of drug-likeness (QED) is 0.743. The minimum absolute atomic E-state index is 0.214. The zero-order chi connectivity index (χ0) is 14.4. The first-order chi connectivity index (χ1) is 10.3. The molecule has 108 valence electrons. The Kier molecular flexibility index (Phi) is 3.36. The second kappa shape index (κ2) is 5.23. The normalized spacial score (nSPS) is 18.1. The summed E-state index contributed by atoms with van der Waals surface area (Å²) in [6.45, 7) is 4.14. The lowest BCUT2D eigenvalue weighted by Gasteiger charge is -2.24. The first kappa shape index (κ1) is 13.5. The SMILES string of the molecule is CCn1c(C2NCCc3sccc32)nc2cc(Br)ccc21. The molecule has 1 aliphatic rings. The van der Waals surface area contributed by atoms with Gasteiger partial charge < -0.3 is 9.88 Å². The monoisotopic (exact) mass is 361 g/mol. The van der Waals surface area contributed by atoms with Crippen LogP contribution in [0.25, 0.3) is 11.0 Å². The number of hydrogen-bond acceptors (Lipinski definition) is 3. The third-order valence-electron chi connectivity index (χ3n) is 4.11. The van der Waals surface area contributed by atoms with Crippen molar-refractivity contribution in [2.24, 2.45) is 0 Å². The van der Waals surface area contributed by atoms with Crippen molar-refractivity contribution in [3.05, 3.63) is 50.4 Å². The van der Waals surface area contributed by atoms with Gasteiger partial charge in [0, 0.05) is 22.4 Å². The van der Waals surface area contributed by atoms with Crippen LogP contribution in [0.1, 0.15) is 29.2 Å². The Morgan fingerprint density at radius 2 is 2.33 bits per heavy atom. The van der Waals surface area contributed by atoms with Crippen LogP contribution in [0.3, 0.4) is 0 Å². The number of nitrogens with zero attached hydrogens (tertiary/aromatic N) is 2. The zero-order valence-corrected chi connectivity index (χ0v) is 14.2. The molecule has 1 atom stereocenters. The first-order valence-corrected chi connectivity index (χ1v) is 8.90. The molecule has 0 spiro atoms. The molecule has 0 aliphatic carbocycles. The van der Waals surface area contributed by atoms with Gasteiger partial charge in [0.05, 0.1) is 17.1 Å². The zero-order valence-electron chi connectivity index (χ0n) is 11.8. The van der Waals surface area contributed by atoms with E-state index in [0.29, 0.717) is 0 Å². The van der Waals surface area contributed by atoms with E-state index in [2.05, 4.69) is 62.4 Å². The number of benzene rings is 1. The van der Waals surface area contributed by atoms with E-state index in [1.807, 2.05) is 11.3 Å². The highest BCUT2D eigenvalue weighted by molar-refractivity contribution is 9.10. The van der Waals surface area contributed by atoms with E-state index in [1.165, 1.54) is 16.0 Å². The largest absolute Gasteiger partial charge is 0.327 e. The Labute approximate surface area is 136 Å². The van der Waals surface area contributed by atoms with Crippen molar-refractivity contribution in [1.82, 2.24) is 14.9 Å². The van der Waals surface area contributed by atoms with Gasteiger partial charge in [0.1, 0.15) is 5.82 Å². The van der Waals surface area contributed by atoms with Crippen LogP contribution in [0, 0.1) is 0 Å². The maximum atomic E-state index is 4.92. The van der Waals surface area contributed by atoms with Crippen LogP contribution in [-0.2, 0) is 13.0 Å². The fraction of sp³-hybridized carbons (Fsp3) is 0.312. The Bertz CT molecular complexity index is 805. The van der Waals surface area contributed by atoms with Crippen molar-refractivity contribution >= 4 is 38.3 Å². The maximum absolute atomic E-state index is 4.92. The lowest BCUT2D eigenvalue weighted by Crippen LogP contribution is -2.31. The fourth-order valence-electron chi connectivity index (χ4n) is 3.16. The van der Waals surface area contributed by atoms with E-state index >= 15 is 0 Å². The molecule has 3 nitrogen and oxygen atoms in total. The van der Waals surface area contributed by atoms with Crippen molar-refractivity contribution in [2.75, 3.05) is 6.54 Å². The average Bonchev–Trinajstić information content (AvgIpc) is 3.09. The summed E-state index contributed by atoms with van der Waals surface area (Å²) >= 11 is 5.40. The summed E-state index contributed by atoms with van der Waals surface area (Å²) in [5, 5.41) is 5.83. The molecule has 0 amide bonds. The third kappa shape index (κ3) is 2.15. The molecule has 3 aromatic rings. The summed E-state index contributed by atoms with van der Waals surface area (Å²) in [5.41, 5.74) is 3.67. The van der Waals surface area contributed by atoms with Crippen molar-refractivity contribution in [3.8, 4) is 0 Å². The number of fused-ring (bicyclic) bond motifs is 2. The number of rotatable bonds is 2. The second-order valence-corrected chi connectivity index (χ2v) is 7.20. The minimum atomic E-state index is 0.214. The molecular weight excluding hydrogens is 346 g/mol. The lowest BCUT2D eigenvalue weighted by atomic mass is 10.0. The Morgan fingerprint density at radius 1 is 1.43 bits per heavy atom. The van der Waals surface area contributed by atoms with Crippen LogP contribution >= 0.6 is 27.3 Å². The van der Waals surface area contributed by atoms with Crippen molar-refractivity contribution in [1.29, 1.82) is 0 Å². The summed E-state index contributed by atoms with van der Waals surface area (Å²) in [6.07, 6.45) is 1.13. The number of aryl methyl sites for hydroxylation is 1. The van der Waals surface area contributed by atoms with E-state index < -0.39 is 0 Å². The van der Waals surface area contributed by atoms with Gasteiger partial charge in [-0.15, -0.1) is 11.3 Å². The summed E-state index contributed by atoms with van der Waals surface area (Å²) in [6, 6.07) is 8.79. The highest BCUT2D eigenvalue weighted by atomic mass is 79.9. The van der Waals surface area contributed by atoms with E-state index in [1.54, 1.807) is 0 Å². The molecule has 1 N–H and O–H groups in total. The van der Waals surface area contributed by atoms with Crippen molar-refractivity contribution in [2.45, 2.75) is 25.9 Å². The molecule has 0 radical (unpaired) electrons. The van der Waals surface area contributed by atoms with Crippen molar-refractivity contribution < 1.29 is 0 Å². The molecule has 0 saturated carbocycles. The number of thiophene rings is 1. The van der Waals surface area contributed by atoms with E-state index in [4.69, 9.17) is 4.98 Å². The minimum Gasteiger partial charge on any atom is -0.327 e. The maximum Gasteiger partial charge on any atom is 0.131 e. The number of aromatic nitrogens is 2. The van der Waals surface area contributed by atoms with Gasteiger partial charge in [-0.2, -0.15) is 0 Å². The van der Waals surface area contributed by atoms with Gasteiger partial charge in [0.2, 0.25) is 0 Å². The topological polar surface area (TPSA) is 29.9 Å². The van der Waals surface area contributed by atoms with Crippen LogP contribution < -0.4 is 5.32 Å². The standard InChI is InChI=1S/C16H16BrN3S/c1-2-20-13-4-3-10(17)9-12(13)19-16(20)15-11-6-8-21-14(11)5-7-18-15/h3-4,6,8-9,15,18H,2,5,7H2,1H3. The van der Waals surface area contributed by atoms with Crippen LogP contribution in [0.2, 0.25) is 0 Å². The molecule has 2 aromatic heterocycles. The van der Waals surface area contributed by atoms with Gasteiger partial charge in [-0.25, -0.2) is 4.98 Å². The highest BCUT2D eigenvalue weighted by Crippen LogP contribution is 2.33. The van der Waals surface area contributed by atoms with Crippen LogP contribution in [0.4, 0.5) is 0 Å². The summed E-state index contributed by atoms with van der Waals surface area (Å²) in [5.74, 6) is 1.13. The highest BCUT2D eigenvalue weighted by Gasteiger charge is 2.26. The molecule has 0 saturated heterocycles. The molecule has 1 aliphatic heterocycles. The molecule has 5 heteroatoms. The van der Waals surface area contributed by atoms with Crippen LogP contribution in [-0.4, -0.2) is 16.1 Å². The first-order valence-electron chi connectivity index (χ1n) is 7.23. The van der Waals surface area contributed by atoms with Gasteiger partial charge in [0.15, 0.2) is 0 Å². The fourth-order valence-corrected chi connectivity index (χ4v) is 4.43. The Hall–Kier alpha value is -1.17. The second-order valence-electron chi connectivity index (χ2n) is 5.28. The van der Waals surface area contributed by atoms with Gasteiger partial charge in [-0.1, -0.05) is 15.9 Å². The molecule has 1 aromatic carbocycles. The average molecular weight is 362 g/mol. The number of nitrogens with one attached hydrogen (secondary N) is 1. The molecule has 1 unspecified atom stereocenters. The molecule has 3 heterocycles. The van der Waals surface area contributed by atoms with Gasteiger partial charge in [0.25, 0.3) is 0 Å². The van der Waals surface area contributed by atoms with E-state index in [9.17, 15) is 0 Å². The van der Waals surface area contributed by atoms with Gasteiger partial charge in [-0.05, 0) is 48.6 Å². The van der Waals surface area contributed by atoms with E-state index in [0.717, 1.165) is 35.3 Å². The molecule has 0 fully saturated rings. The van der Waals surface area contributed by atoms with E-state index in [-0.39, 0.29) is 6.04 Å². The third-order valence-corrected chi connectivity index (χ3v) is 5.60. The molecule has 21 heavy (non-hydrogen) atoms. The molecule has 4 rings (SSSR count). The van der Waals surface area contributed by atoms with Crippen LogP contribution in [0.15, 0.2) is 34.1 Å². The van der Waals surface area contributed by atoms with Gasteiger partial charge >= 0.3 is 0 Å². The smallest absolute Gasteiger partial charge is 0.131 e. The summed E-state index contributed by atoms with van der Waals surface area (Å²) in [4.78, 5) is 6.42. The molecular formula is C16H16BrN3S. The van der Waals surface area contributed by atoms with Crippen molar-refractivity contribution in [3.63, 3.8) is 0 Å². The predicted molar refractivity (Wildman–Crippen MR) is 91.0 cm³/mol. The lowest BCUT2D eigenvalue weighted by molar-refractivity contribution is 0.527. The Morgan fingerprint density at radius 3 is 3.19 bits per heavy atom. The van der Waals surface area contributed by atoms with Gasteiger partial charge in [-0.3, -0.25) is 0 Å². The number of halogens is 1. The predicted octanol–water partition coefficient (Wildman–Crippen LogP) is 4.12.